The summed E-state index contributed by atoms with van der Waals surface area (Å²) in [5.41, 5.74) is 0.948. The van der Waals surface area contributed by atoms with Crippen molar-refractivity contribution in [3.63, 3.8) is 0 Å². The molecule has 0 bridgehead atoms. The van der Waals surface area contributed by atoms with E-state index in [-0.39, 0.29) is 0 Å². The van der Waals surface area contributed by atoms with Crippen LogP contribution in [0.5, 0.6) is 5.75 Å². The zero-order valence-corrected chi connectivity index (χ0v) is 10.7. The van der Waals surface area contributed by atoms with E-state index in [4.69, 9.17) is 4.74 Å². The van der Waals surface area contributed by atoms with Crippen molar-refractivity contribution in [3.8, 4) is 16.2 Å². The van der Waals surface area contributed by atoms with Gasteiger partial charge in [-0.05, 0) is 41.1 Å². The highest BCUT2D eigenvalue weighted by Gasteiger charge is 2.15. The van der Waals surface area contributed by atoms with Crippen LogP contribution in [0.15, 0.2) is 54.6 Å². The maximum Gasteiger partial charge on any atom is 0.180 e. The van der Waals surface area contributed by atoms with Gasteiger partial charge >= 0.3 is 0 Å². The average Bonchev–Trinajstić information content (AvgIpc) is 2.77. The number of hydrogen-bond acceptors (Lipinski definition) is 2. The number of methoxy groups -OCH3 is 1. The Labute approximate surface area is 108 Å². The van der Waals surface area contributed by atoms with Crippen molar-refractivity contribution in [3.05, 3.63) is 54.6 Å². The Balaban J connectivity index is 2.21. The van der Waals surface area contributed by atoms with Crippen LogP contribution in [0.3, 0.4) is 0 Å². The third-order valence-electron chi connectivity index (χ3n) is 2.96. The SMILES string of the molecule is COc1cccc(-c2cc3ccccc3[s+]2[O-])c1. The zero-order valence-electron chi connectivity index (χ0n) is 9.92. The number of hydrogen-bond donors (Lipinski definition) is 0. The molecule has 0 spiro atoms. The van der Waals surface area contributed by atoms with Crippen molar-refractivity contribution in [2.75, 3.05) is 7.11 Å². The fourth-order valence-corrected chi connectivity index (χ4v) is 3.40. The Morgan fingerprint density at radius 3 is 2.61 bits per heavy atom. The van der Waals surface area contributed by atoms with E-state index in [1.165, 1.54) is 0 Å². The third-order valence-corrected chi connectivity index (χ3v) is 4.48. The first-order valence-electron chi connectivity index (χ1n) is 5.66. The molecule has 3 heteroatoms. The molecule has 3 aromatic rings. The van der Waals surface area contributed by atoms with Gasteiger partial charge in [0.15, 0.2) is 9.58 Å². The highest BCUT2D eigenvalue weighted by Crippen LogP contribution is 2.41. The van der Waals surface area contributed by atoms with Crippen molar-refractivity contribution in [1.29, 1.82) is 0 Å². The van der Waals surface area contributed by atoms with E-state index in [1.807, 2.05) is 54.6 Å². The molecule has 0 saturated heterocycles. The molecular weight excluding hydrogens is 244 g/mol. The topological polar surface area (TPSA) is 32.3 Å². The summed E-state index contributed by atoms with van der Waals surface area (Å²) in [6.07, 6.45) is 0. The summed E-state index contributed by atoms with van der Waals surface area (Å²) in [6.45, 7) is 0. The first-order chi connectivity index (χ1) is 8.79. The lowest BCUT2D eigenvalue weighted by molar-refractivity contribution is 0.415. The quantitative estimate of drug-likeness (QED) is 0.642. The molecule has 2 nitrogen and oxygen atoms in total. The molecule has 90 valence electrons. The molecule has 18 heavy (non-hydrogen) atoms. The number of fused-ring (bicyclic) bond motifs is 1. The Bertz CT molecular complexity index is 701. The summed E-state index contributed by atoms with van der Waals surface area (Å²) in [5, 5.41) is 1.04. The number of ether oxygens (including phenoxy) is 1. The van der Waals surface area contributed by atoms with Gasteiger partial charge in [-0.2, -0.15) is 0 Å². The number of benzene rings is 2. The minimum atomic E-state index is -1.09. The molecule has 0 amide bonds. The Morgan fingerprint density at radius 2 is 1.83 bits per heavy atom. The lowest BCUT2D eigenvalue weighted by Crippen LogP contribution is -1.82. The van der Waals surface area contributed by atoms with Gasteiger partial charge in [0, 0.05) is 17.0 Å². The summed E-state index contributed by atoms with van der Waals surface area (Å²) in [5.74, 6) is 0.779. The average molecular weight is 256 g/mol. The van der Waals surface area contributed by atoms with Crippen LogP contribution >= 0.6 is 10.8 Å². The van der Waals surface area contributed by atoms with E-state index in [2.05, 4.69) is 0 Å². The maximum atomic E-state index is 12.4. The minimum Gasteiger partial charge on any atom is -0.590 e. The molecule has 1 aromatic heterocycles. The van der Waals surface area contributed by atoms with Crippen LogP contribution in [0.4, 0.5) is 0 Å². The fourth-order valence-electron chi connectivity index (χ4n) is 2.05. The highest BCUT2D eigenvalue weighted by molar-refractivity contribution is 7.34. The van der Waals surface area contributed by atoms with Crippen LogP contribution in [0.1, 0.15) is 0 Å². The Hall–Kier alpha value is -1.84. The van der Waals surface area contributed by atoms with Crippen LogP contribution in [0, 0.1) is 0 Å². The predicted octanol–water partition coefficient (Wildman–Crippen LogP) is 4.24. The standard InChI is InChI=1S/C15H12O2S/c1-17-13-7-4-6-11(9-13)15-10-12-5-2-3-8-14(12)18(15)16/h2-10H,1H3. The number of thiophene rings is 1. The molecule has 0 fully saturated rings. The van der Waals surface area contributed by atoms with Crippen molar-refractivity contribution < 1.29 is 9.29 Å². The van der Waals surface area contributed by atoms with E-state index in [1.54, 1.807) is 7.11 Å². The van der Waals surface area contributed by atoms with Crippen LogP contribution in [-0.4, -0.2) is 11.7 Å². The molecule has 1 heterocycles. The monoisotopic (exact) mass is 256 g/mol. The minimum absolute atomic E-state index is 0.779. The van der Waals surface area contributed by atoms with Crippen LogP contribution in [0.25, 0.3) is 20.5 Å². The van der Waals surface area contributed by atoms with Gasteiger partial charge in [-0.3, -0.25) is 0 Å². The molecule has 0 aliphatic rings. The van der Waals surface area contributed by atoms with Crippen molar-refractivity contribution >= 4 is 20.8 Å². The molecule has 0 saturated carbocycles. The Kier molecular flexibility index (Phi) is 2.78. The van der Waals surface area contributed by atoms with E-state index in [0.29, 0.717) is 0 Å². The first kappa shape index (κ1) is 11.3. The normalized spacial score (nSPS) is 11.8. The summed E-state index contributed by atoms with van der Waals surface area (Å²) in [4.78, 5) is 0.843. The van der Waals surface area contributed by atoms with Gasteiger partial charge in [-0.1, -0.05) is 18.2 Å². The summed E-state index contributed by atoms with van der Waals surface area (Å²) in [7, 11) is 0.542. The van der Waals surface area contributed by atoms with Crippen molar-refractivity contribution in [2.45, 2.75) is 0 Å². The van der Waals surface area contributed by atoms with Gasteiger partial charge in [0.2, 0.25) is 0 Å². The summed E-state index contributed by atoms with van der Waals surface area (Å²) in [6, 6.07) is 17.4. The van der Waals surface area contributed by atoms with Crippen LogP contribution < -0.4 is 4.74 Å². The predicted molar refractivity (Wildman–Crippen MR) is 74.6 cm³/mol. The molecule has 0 aliphatic carbocycles. The second-order valence-electron chi connectivity index (χ2n) is 4.05. The largest absolute Gasteiger partial charge is 0.590 e. The van der Waals surface area contributed by atoms with Gasteiger partial charge < -0.3 is 9.29 Å². The fraction of sp³-hybridized carbons (Fsp3) is 0.0667. The maximum absolute atomic E-state index is 12.4. The van der Waals surface area contributed by atoms with E-state index in [0.717, 1.165) is 26.3 Å². The third kappa shape index (κ3) is 1.78. The molecule has 3 rings (SSSR count). The molecule has 1 unspecified atom stereocenters. The second kappa shape index (κ2) is 4.44. The molecule has 0 aliphatic heterocycles. The van der Waals surface area contributed by atoms with Crippen LogP contribution in [-0.2, 0) is 0 Å². The lowest BCUT2D eigenvalue weighted by atomic mass is 10.1. The molecule has 2 aromatic carbocycles. The molecule has 0 N–H and O–H groups in total. The molecular formula is C15H12O2S. The van der Waals surface area contributed by atoms with Gasteiger partial charge in [-0.15, -0.1) is 0 Å². The van der Waals surface area contributed by atoms with E-state index < -0.39 is 10.8 Å². The van der Waals surface area contributed by atoms with Gasteiger partial charge in [-0.25, -0.2) is 0 Å². The van der Waals surface area contributed by atoms with E-state index in [9.17, 15) is 4.55 Å². The Morgan fingerprint density at radius 1 is 1.00 bits per heavy atom. The second-order valence-corrected chi connectivity index (χ2v) is 5.46. The highest BCUT2D eigenvalue weighted by atomic mass is 32.2. The molecule has 1 atom stereocenters. The van der Waals surface area contributed by atoms with Gasteiger partial charge in [0.25, 0.3) is 0 Å². The van der Waals surface area contributed by atoms with Crippen molar-refractivity contribution in [1.82, 2.24) is 0 Å². The first-order valence-corrected chi connectivity index (χ1v) is 6.81. The lowest BCUT2D eigenvalue weighted by Gasteiger charge is -2.02. The summed E-state index contributed by atoms with van der Waals surface area (Å²) >= 11 is 0. The smallest absolute Gasteiger partial charge is 0.180 e. The number of rotatable bonds is 2. The summed E-state index contributed by atoms with van der Waals surface area (Å²) < 4.78 is 18.5. The van der Waals surface area contributed by atoms with Crippen molar-refractivity contribution in [2.24, 2.45) is 0 Å². The zero-order chi connectivity index (χ0) is 12.5. The van der Waals surface area contributed by atoms with Gasteiger partial charge in [0.1, 0.15) is 5.75 Å². The molecule has 0 radical (unpaired) electrons. The van der Waals surface area contributed by atoms with E-state index >= 15 is 0 Å². The van der Waals surface area contributed by atoms with Gasteiger partial charge in [0.05, 0.1) is 7.11 Å². The van der Waals surface area contributed by atoms with Crippen LogP contribution in [0.2, 0.25) is 0 Å².